The van der Waals surface area contributed by atoms with Crippen molar-refractivity contribution < 1.29 is 24.2 Å². The van der Waals surface area contributed by atoms with E-state index in [0.29, 0.717) is 12.8 Å². The highest BCUT2D eigenvalue weighted by molar-refractivity contribution is 5.70. The van der Waals surface area contributed by atoms with Crippen molar-refractivity contribution in [1.29, 1.82) is 0 Å². The summed E-state index contributed by atoms with van der Waals surface area (Å²) >= 11 is 0. The molecule has 0 radical (unpaired) electrons. The second-order valence-corrected chi connectivity index (χ2v) is 17.5. The molecular weight excluding hydrogens is 885 g/mol. The van der Waals surface area contributed by atoms with Crippen molar-refractivity contribution in [2.45, 2.75) is 200 Å². The summed E-state index contributed by atoms with van der Waals surface area (Å²) in [5.74, 6) is -0.671. The number of rotatable bonds is 48. The number of esters is 2. The maximum atomic E-state index is 12.3. The molecule has 0 amide bonds. The van der Waals surface area contributed by atoms with Gasteiger partial charge in [0.05, 0.1) is 6.61 Å². The van der Waals surface area contributed by atoms with Gasteiger partial charge >= 0.3 is 11.9 Å². The monoisotopic (exact) mass is 985 g/mol. The molecule has 0 bridgehead atoms. The van der Waals surface area contributed by atoms with Crippen molar-refractivity contribution >= 4 is 11.9 Å². The number of unbranched alkanes of at least 4 members (excludes halogenated alkanes) is 8. The summed E-state index contributed by atoms with van der Waals surface area (Å²) < 4.78 is 10.7. The Morgan fingerprint density at radius 1 is 0.319 bits per heavy atom. The van der Waals surface area contributed by atoms with E-state index in [0.717, 1.165) is 167 Å². The number of allylic oxidation sites excluding steroid dienone is 32. The van der Waals surface area contributed by atoms with Crippen LogP contribution in [-0.2, 0) is 19.1 Å². The van der Waals surface area contributed by atoms with Crippen molar-refractivity contribution in [3.05, 3.63) is 194 Å². The molecule has 0 spiro atoms. The number of ether oxygens (including phenoxy) is 2. The van der Waals surface area contributed by atoms with Crippen LogP contribution >= 0.6 is 0 Å². The molecular formula is C67H100O5. The molecule has 0 saturated heterocycles. The smallest absolute Gasteiger partial charge is 0.306 e. The number of carbonyl (C=O) groups is 2. The van der Waals surface area contributed by atoms with Gasteiger partial charge in [-0.2, -0.15) is 0 Å². The Morgan fingerprint density at radius 3 is 0.847 bits per heavy atom. The van der Waals surface area contributed by atoms with Crippen LogP contribution in [0.4, 0.5) is 0 Å². The summed E-state index contributed by atoms with van der Waals surface area (Å²) in [4.78, 5) is 24.5. The van der Waals surface area contributed by atoms with Crippen molar-refractivity contribution in [1.82, 2.24) is 0 Å². The highest BCUT2D eigenvalue weighted by Gasteiger charge is 2.16. The average molecular weight is 986 g/mol. The van der Waals surface area contributed by atoms with Crippen molar-refractivity contribution in [2.24, 2.45) is 0 Å². The number of hydrogen-bond acceptors (Lipinski definition) is 5. The predicted molar refractivity (Wildman–Crippen MR) is 315 cm³/mol. The molecule has 0 saturated carbocycles. The molecule has 1 unspecified atom stereocenters. The summed E-state index contributed by atoms with van der Waals surface area (Å²) in [6, 6.07) is 0. The molecule has 0 fully saturated rings. The lowest BCUT2D eigenvalue weighted by molar-refractivity contribution is -0.161. The maximum absolute atomic E-state index is 12.3. The molecule has 0 aliphatic heterocycles. The minimum Gasteiger partial charge on any atom is -0.462 e. The summed E-state index contributed by atoms with van der Waals surface area (Å²) in [7, 11) is 0. The predicted octanol–water partition coefficient (Wildman–Crippen LogP) is 19.3. The van der Waals surface area contributed by atoms with Crippen LogP contribution < -0.4 is 0 Å². The highest BCUT2D eigenvalue weighted by atomic mass is 16.6. The van der Waals surface area contributed by atoms with Crippen LogP contribution in [0, 0.1) is 0 Å². The summed E-state index contributed by atoms with van der Waals surface area (Å²) in [5, 5.41) is 9.65. The van der Waals surface area contributed by atoms with E-state index in [9.17, 15) is 14.7 Å². The lowest BCUT2D eigenvalue weighted by Crippen LogP contribution is -2.28. The maximum Gasteiger partial charge on any atom is 0.306 e. The Morgan fingerprint density at radius 2 is 0.556 bits per heavy atom. The van der Waals surface area contributed by atoms with E-state index in [1.54, 1.807) is 0 Å². The largest absolute Gasteiger partial charge is 0.462 e. The van der Waals surface area contributed by atoms with Gasteiger partial charge in [-0.15, -0.1) is 0 Å². The van der Waals surface area contributed by atoms with Crippen LogP contribution in [0.5, 0.6) is 0 Å². The normalized spacial score (nSPS) is 13.8. The third kappa shape index (κ3) is 57.3. The Labute approximate surface area is 441 Å². The number of carbonyl (C=O) groups excluding carboxylic acids is 2. The van der Waals surface area contributed by atoms with E-state index < -0.39 is 6.10 Å². The molecule has 0 aliphatic carbocycles. The molecule has 1 N–H and O–H groups in total. The first-order valence-corrected chi connectivity index (χ1v) is 28.0. The second kappa shape index (κ2) is 60.0. The molecule has 0 aliphatic rings. The van der Waals surface area contributed by atoms with Crippen LogP contribution in [0.1, 0.15) is 194 Å². The summed E-state index contributed by atoms with van der Waals surface area (Å²) in [6.07, 6.45) is 96.7. The van der Waals surface area contributed by atoms with E-state index in [4.69, 9.17) is 9.47 Å². The van der Waals surface area contributed by atoms with Gasteiger partial charge in [-0.1, -0.05) is 234 Å². The lowest BCUT2D eigenvalue weighted by atomic mass is 10.1. The molecule has 398 valence electrons. The first kappa shape index (κ1) is 66.7. The fourth-order valence-corrected chi connectivity index (χ4v) is 6.76. The van der Waals surface area contributed by atoms with Crippen LogP contribution in [0.3, 0.4) is 0 Å². The van der Waals surface area contributed by atoms with Gasteiger partial charge < -0.3 is 14.6 Å². The lowest BCUT2D eigenvalue weighted by Gasteiger charge is -2.15. The Balaban J connectivity index is 3.72. The zero-order chi connectivity index (χ0) is 52.0. The van der Waals surface area contributed by atoms with Crippen LogP contribution in [0.2, 0.25) is 0 Å². The fourth-order valence-electron chi connectivity index (χ4n) is 6.76. The molecule has 0 aromatic rings. The Hall–Kier alpha value is -5.26. The van der Waals surface area contributed by atoms with E-state index in [1.165, 1.54) is 0 Å². The minimum atomic E-state index is -0.815. The number of hydrogen-bond donors (Lipinski definition) is 1. The zero-order valence-electron chi connectivity index (χ0n) is 45.3. The molecule has 1 atom stereocenters. The SMILES string of the molecule is CC/C=C\C/C=C\C/C=C\C/C=C\C/C=C\C/C=C\C/C=C\C/C=C\C/C=C\CCCCCCCC(=O)OC(CO)COC(=O)CCCCC/C=C\C/C=C\C/C=C\C/C=C\C/C=C\C/C=C\C/C=C\CC. The van der Waals surface area contributed by atoms with Gasteiger partial charge in [0.25, 0.3) is 0 Å². The van der Waals surface area contributed by atoms with E-state index in [2.05, 4.69) is 208 Å². The average Bonchev–Trinajstić information content (AvgIpc) is 3.38. The van der Waals surface area contributed by atoms with Crippen LogP contribution in [0.15, 0.2) is 194 Å². The number of aliphatic hydroxyl groups excluding tert-OH is 1. The van der Waals surface area contributed by atoms with Gasteiger partial charge in [-0.3, -0.25) is 9.59 Å². The number of aliphatic hydroxyl groups is 1. The van der Waals surface area contributed by atoms with Crippen molar-refractivity contribution in [3.8, 4) is 0 Å². The van der Waals surface area contributed by atoms with Crippen LogP contribution in [-0.4, -0.2) is 36.4 Å². The van der Waals surface area contributed by atoms with Crippen molar-refractivity contribution in [2.75, 3.05) is 13.2 Å². The van der Waals surface area contributed by atoms with Gasteiger partial charge in [0.1, 0.15) is 6.61 Å². The standard InChI is InChI=1S/C67H100O5/c1-3-5-7-9-11-13-15-17-19-21-23-25-27-29-30-31-32-33-34-35-36-38-40-42-44-46-48-50-52-54-56-58-60-62-67(70)72-65(63-68)64-71-66(69)61-59-57-55-53-51-49-47-45-43-41-39-37-28-26-24-22-20-18-16-14-12-10-8-6-4-2/h5-8,11-14,17-20,23-26,29-30,32-33,35-37,39-40,42-43,45-46,48-49,51,65,68H,3-4,9-10,15-16,21-22,27-28,31,34,38,41,44,47,50,52-64H2,1-2H3/b7-5-,8-6-,13-11-,14-12-,19-17-,20-18-,25-23-,26-24-,30-29-,33-32-,36-35-,39-37-,42-40-,45-43-,48-46-,51-49-. The van der Waals surface area contributed by atoms with Gasteiger partial charge in [0, 0.05) is 12.8 Å². The molecule has 5 nitrogen and oxygen atoms in total. The molecule has 72 heavy (non-hydrogen) atoms. The molecule has 0 heterocycles. The summed E-state index contributed by atoms with van der Waals surface area (Å²) in [6.45, 7) is 3.84. The van der Waals surface area contributed by atoms with Gasteiger partial charge in [0.15, 0.2) is 6.10 Å². The quantitative estimate of drug-likeness (QED) is 0.0374. The van der Waals surface area contributed by atoms with Crippen LogP contribution in [0.25, 0.3) is 0 Å². The van der Waals surface area contributed by atoms with Gasteiger partial charge in [0.2, 0.25) is 0 Å². The Bertz CT molecular complexity index is 1730. The first-order chi connectivity index (χ1) is 35.6. The fraction of sp³-hybridized carbons (Fsp3) is 0.493. The summed E-state index contributed by atoms with van der Waals surface area (Å²) in [5.41, 5.74) is 0. The van der Waals surface area contributed by atoms with Gasteiger partial charge in [-0.25, -0.2) is 0 Å². The zero-order valence-corrected chi connectivity index (χ0v) is 45.3. The van der Waals surface area contributed by atoms with E-state index in [-0.39, 0.29) is 25.2 Å². The van der Waals surface area contributed by atoms with E-state index in [1.807, 2.05) is 0 Å². The second-order valence-electron chi connectivity index (χ2n) is 17.5. The topological polar surface area (TPSA) is 72.8 Å². The first-order valence-electron chi connectivity index (χ1n) is 28.0. The molecule has 5 heteroatoms. The molecule has 0 aromatic carbocycles. The molecule has 0 rings (SSSR count). The highest BCUT2D eigenvalue weighted by Crippen LogP contribution is 2.11. The minimum absolute atomic E-state index is 0.107. The third-order valence-electron chi connectivity index (χ3n) is 10.9. The van der Waals surface area contributed by atoms with E-state index >= 15 is 0 Å². The third-order valence-corrected chi connectivity index (χ3v) is 10.9. The molecule has 0 aromatic heterocycles. The Kier molecular flexibility index (Phi) is 55.7. The van der Waals surface area contributed by atoms with Gasteiger partial charge in [-0.05, 0) is 141 Å². The van der Waals surface area contributed by atoms with Crippen molar-refractivity contribution in [3.63, 3.8) is 0 Å².